The van der Waals surface area contributed by atoms with Gasteiger partial charge in [-0.1, -0.05) is 17.7 Å². The molecule has 8 heteroatoms. The van der Waals surface area contributed by atoms with Crippen LogP contribution < -0.4 is 10.0 Å². The molecule has 2 aromatic rings. The summed E-state index contributed by atoms with van der Waals surface area (Å²) in [6.45, 7) is 0. The number of hydrogen-bond acceptors (Lipinski definition) is 4. The summed E-state index contributed by atoms with van der Waals surface area (Å²) in [6, 6.07) is 9.12. The lowest BCUT2D eigenvalue weighted by Crippen LogP contribution is -2.14. The Balaban J connectivity index is 1.92. The van der Waals surface area contributed by atoms with E-state index in [4.69, 9.17) is 11.6 Å². The van der Waals surface area contributed by atoms with Gasteiger partial charge in [0.25, 0.3) is 10.0 Å². The summed E-state index contributed by atoms with van der Waals surface area (Å²) in [4.78, 5) is 15.2. The fourth-order valence-corrected chi connectivity index (χ4v) is 3.25. The van der Waals surface area contributed by atoms with Crippen LogP contribution in [0.1, 0.15) is 5.56 Å². The molecule has 1 aromatic carbocycles. The van der Waals surface area contributed by atoms with Gasteiger partial charge in [-0.2, -0.15) is 0 Å². The molecule has 0 radical (unpaired) electrons. The number of carbonyl (C=O) groups excluding carboxylic acids is 1. The molecule has 3 rings (SSSR count). The van der Waals surface area contributed by atoms with Crippen molar-refractivity contribution in [1.29, 1.82) is 0 Å². The van der Waals surface area contributed by atoms with Crippen molar-refractivity contribution in [3.05, 3.63) is 47.1 Å². The van der Waals surface area contributed by atoms with Crippen LogP contribution in [0.15, 0.2) is 41.3 Å². The number of hydrogen-bond donors (Lipinski definition) is 2. The molecule has 1 aromatic heterocycles. The number of rotatable bonds is 3. The minimum absolute atomic E-state index is 0.0690. The molecule has 0 spiro atoms. The maximum atomic E-state index is 12.3. The molecule has 6 nitrogen and oxygen atoms in total. The van der Waals surface area contributed by atoms with E-state index in [1.165, 1.54) is 18.2 Å². The first-order valence-electron chi connectivity index (χ1n) is 6.02. The summed E-state index contributed by atoms with van der Waals surface area (Å²) >= 11 is 5.72. The highest BCUT2D eigenvalue weighted by Crippen LogP contribution is 2.26. The predicted molar refractivity (Wildman–Crippen MR) is 78.8 cm³/mol. The highest BCUT2D eigenvalue weighted by molar-refractivity contribution is 7.92. The SMILES string of the molecule is O=C1Cc2cc(S(=O)(=O)Nc3cccc(Cl)n3)ccc2N1. The van der Waals surface area contributed by atoms with E-state index in [0.29, 0.717) is 11.3 Å². The Morgan fingerprint density at radius 3 is 2.81 bits per heavy atom. The van der Waals surface area contributed by atoms with Crippen molar-refractivity contribution in [3.63, 3.8) is 0 Å². The first kappa shape index (κ1) is 13.8. The molecule has 21 heavy (non-hydrogen) atoms. The molecular weight excluding hydrogens is 314 g/mol. The van der Waals surface area contributed by atoms with Gasteiger partial charge in [0.15, 0.2) is 0 Å². The predicted octanol–water partition coefficient (Wildman–Crippen LogP) is 2.03. The van der Waals surface area contributed by atoms with Crippen molar-refractivity contribution in [2.24, 2.45) is 0 Å². The van der Waals surface area contributed by atoms with Crippen molar-refractivity contribution < 1.29 is 13.2 Å². The first-order chi connectivity index (χ1) is 9.94. The summed E-state index contributed by atoms with van der Waals surface area (Å²) in [6.07, 6.45) is 0.175. The van der Waals surface area contributed by atoms with Crippen molar-refractivity contribution >= 4 is 39.0 Å². The van der Waals surface area contributed by atoms with Crippen LogP contribution in [-0.4, -0.2) is 19.3 Å². The van der Waals surface area contributed by atoms with E-state index in [1.54, 1.807) is 18.2 Å². The Labute approximate surface area is 126 Å². The zero-order valence-corrected chi connectivity index (χ0v) is 12.2. The molecule has 2 N–H and O–H groups in total. The maximum absolute atomic E-state index is 12.3. The van der Waals surface area contributed by atoms with Gasteiger partial charge in [-0.25, -0.2) is 13.4 Å². The number of nitrogens with zero attached hydrogens (tertiary/aromatic N) is 1. The normalized spacial score (nSPS) is 13.7. The van der Waals surface area contributed by atoms with Gasteiger partial charge < -0.3 is 5.32 Å². The number of sulfonamides is 1. The zero-order chi connectivity index (χ0) is 15.0. The molecule has 1 aliphatic rings. The number of nitrogens with one attached hydrogen (secondary N) is 2. The van der Waals surface area contributed by atoms with E-state index in [1.807, 2.05) is 0 Å². The number of pyridine rings is 1. The molecule has 0 fully saturated rings. The lowest BCUT2D eigenvalue weighted by Gasteiger charge is -2.08. The number of halogens is 1. The monoisotopic (exact) mass is 323 g/mol. The number of aromatic nitrogens is 1. The van der Waals surface area contributed by atoms with Crippen molar-refractivity contribution in [3.8, 4) is 0 Å². The van der Waals surface area contributed by atoms with Crippen LogP contribution in [0.4, 0.5) is 11.5 Å². The van der Waals surface area contributed by atoms with Gasteiger partial charge in [0.2, 0.25) is 5.91 Å². The maximum Gasteiger partial charge on any atom is 0.263 e. The van der Waals surface area contributed by atoms with Crippen LogP contribution in [0.25, 0.3) is 0 Å². The minimum atomic E-state index is -3.78. The second-order valence-electron chi connectivity index (χ2n) is 4.49. The highest BCUT2D eigenvalue weighted by Gasteiger charge is 2.22. The van der Waals surface area contributed by atoms with Crippen LogP contribution in [0, 0.1) is 0 Å². The third-order valence-electron chi connectivity index (χ3n) is 2.97. The third kappa shape index (κ3) is 2.84. The number of anilines is 2. The van der Waals surface area contributed by atoms with E-state index >= 15 is 0 Å². The smallest absolute Gasteiger partial charge is 0.263 e. The lowest BCUT2D eigenvalue weighted by atomic mass is 10.2. The van der Waals surface area contributed by atoms with Crippen LogP contribution in [-0.2, 0) is 21.2 Å². The molecule has 1 aliphatic heterocycles. The summed E-state index contributed by atoms with van der Waals surface area (Å²) in [5.74, 6) is -0.0128. The van der Waals surface area contributed by atoms with Gasteiger partial charge in [-0.3, -0.25) is 9.52 Å². The second kappa shape index (κ2) is 5.01. The molecule has 0 bridgehead atoms. The largest absolute Gasteiger partial charge is 0.326 e. The van der Waals surface area contributed by atoms with E-state index in [9.17, 15) is 13.2 Å². The van der Waals surface area contributed by atoms with Gasteiger partial charge in [0, 0.05) is 5.69 Å². The Bertz CT molecular complexity index is 836. The summed E-state index contributed by atoms with van der Waals surface area (Å²) in [7, 11) is -3.78. The fraction of sp³-hybridized carbons (Fsp3) is 0.0769. The molecule has 1 amide bonds. The van der Waals surface area contributed by atoms with Gasteiger partial charge >= 0.3 is 0 Å². The van der Waals surface area contributed by atoms with Crippen molar-refractivity contribution in [2.45, 2.75) is 11.3 Å². The average molecular weight is 324 g/mol. The van der Waals surface area contributed by atoms with Gasteiger partial charge in [0.1, 0.15) is 11.0 Å². The average Bonchev–Trinajstić information content (AvgIpc) is 2.77. The minimum Gasteiger partial charge on any atom is -0.326 e. The zero-order valence-electron chi connectivity index (χ0n) is 10.6. The molecule has 0 unspecified atom stereocenters. The Morgan fingerprint density at radius 1 is 1.24 bits per heavy atom. The van der Waals surface area contributed by atoms with E-state index in [0.717, 1.165) is 0 Å². The van der Waals surface area contributed by atoms with Crippen LogP contribution in [0.3, 0.4) is 0 Å². The fourth-order valence-electron chi connectivity index (χ4n) is 2.03. The topological polar surface area (TPSA) is 88.2 Å². The Hall–Kier alpha value is -2.12. The van der Waals surface area contributed by atoms with Gasteiger partial charge in [0.05, 0.1) is 11.3 Å². The van der Waals surface area contributed by atoms with Gasteiger partial charge in [-0.15, -0.1) is 0 Å². The van der Waals surface area contributed by atoms with E-state index < -0.39 is 10.0 Å². The molecule has 0 atom stereocenters. The molecule has 0 aliphatic carbocycles. The van der Waals surface area contributed by atoms with Gasteiger partial charge in [-0.05, 0) is 35.9 Å². The number of benzene rings is 1. The van der Waals surface area contributed by atoms with Crippen LogP contribution in [0.5, 0.6) is 0 Å². The Morgan fingerprint density at radius 2 is 2.05 bits per heavy atom. The number of amides is 1. The first-order valence-corrected chi connectivity index (χ1v) is 7.88. The summed E-state index contributed by atoms with van der Waals surface area (Å²) in [5, 5.41) is 2.84. The number of carbonyl (C=O) groups is 1. The highest BCUT2D eigenvalue weighted by atomic mass is 35.5. The third-order valence-corrected chi connectivity index (χ3v) is 4.53. The van der Waals surface area contributed by atoms with Crippen LogP contribution >= 0.6 is 11.6 Å². The standard InChI is InChI=1S/C13H10ClN3O3S/c14-11-2-1-3-12(16-11)17-21(19,20)9-4-5-10-8(6-9)7-13(18)15-10/h1-6H,7H2,(H,15,18)(H,16,17). The quantitative estimate of drug-likeness (QED) is 0.846. The molecule has 0 saturated carbocycles. The molecule has 0 saturated heterocycles. The summed E-state index contributed by atoms with van der Waals surface area (Å²) in [5.41, 5.74) is 1.29. The van der Waals surface area contributed by atoms with Crippen molar-refractivity contribution in [2.75, 3.05) is 10.0 Å². The van der Waals surface area contributed by atoms with Crippen molar-refractivity contribution in [1.82, 2.24) is 4.98 Å². The van der Waals surface area contributed by atoms with E-state index in [2.05, 4.69) is 15.0 Å². The summed E-state index contributed by atoms with van der Waals surface area (Å²) < 4.78 is 26.9. The van der Waals surface area contributed by atoms with Crippen LogP contribution in [0.2, 0.25) is 5.15 Å². The van der Waals surface area contributed by atoms with E-state index in [-0.39, 0.29) is 28.2 Å². The molecule has 108 valence electrons. The number of fused-ring (bicyclic) bond motifs is 1. The lowest BCUT2D eigenvalue weighted by molar-refractivity contribution is -0.115. The second-order valence-corrected chi connectivity index (χ2v) is 6.56. The molecule has 2 heterocycles. The Kier molecular flexibility index (Phi) is 3.30. The molecular formula is C13H10ClN3O3S.